The second kappa shape index (κ2) is 18.0. The number of thioether (sulfide) groups is 1. The lowest BCUT2D eigenvalue weighted by molar-refractivity contribution is 0.0857. The molecule has 3 N–H and O–H groups in total. The van der Waals surface area contributed by atoms with Gasteiger partial charge in [0.1, 0.15) is 17.5 Å². The van der Waals surface area contributed by atoms with Crippen LogP contribution >= 0.6 is 11.8 Å². The normalized spacial score (nSPS) is 11.6. The molecular weight excluding hydrogens is 710 g/mol. The van der Waals surface area contributed by atoms with E-state index in [1.165, 1.54) is 38.5 Å². The number of imidazole rings is 1. The predicted octanol–water partition coefficient (Wildman–Crippen LogP) is 7.30. The number of rotatable bonds is 17. The first-order chi connectivity index (χ1) is 25.6. The molecule has 10 nitrogen and oxygen atoms in total. The number of hydrogen-bond acceptors (Lipinski definition) is 9. The summed E-state index contributed by atoms with van der Waals surface area (Å²) in [5.74, 6) is -0.796. The molecule has 0 bridgehead atoms. The van der Waals surface area contributed by atoms with Crippen molar-refractivity contribution < 1.29 is 42.4 Å². The van der Waals surface area contributed by atoms with Gasteiger partial charge in [-0.2, -0.15) is 0 Å². The van der Waals surface area contributed by atoms with E-state index in [1.54, 1.807) is 60.3 Å². The minimum atomic E-state index is -0.763. The standard InChI is InChI=1S/C39H41F3N4O6S/c1-45(27-13-15-34(50-2)36(19-27)52-4)37-21-44-39(46(37)28-12-14-31(40)35(20-28)51-3)53-23-30-32(41)17-26(18-33(30)42)24-8-10-25(11-9-24)38(49)43-16-6-5-7-29(48)22-47/h8-15,17-21,29,47-48H,5-7,16,22-23H2,1-4H3,(H,43,49). The van der Waals surface area contributed by atoms with Gasteiger partial charge in [0.2, 0.25) is 0 Å². The van der Waals surface area contributed by atoms with E-state index in [2.05, 4.69) is 10.3 Å². The van der Waals surface area contributed by atoms with Gasteiger partial charge >= 0.3 is 0 Å². The third-order valence-corrected chi connectivity index (χ3v) is 9.61. The van der Waals surface area contributed by atoms with Crippen LogP contribution in [-0.2, 0) is 5.75 Å². The molecule has 0 fully saturated rings. The molecule has 4 aromatic carbocycles. The van der Waals surface area contributed by atoms with Gasteiger partial charge in [0.05, 0.1) is 45.9 Å². The molecule has 0 aliphatic rings. The maximum absolute atomic E-state index is 15.6. The molecule has 0 aliphatic carbocycles. The number of hydrogen-bond donors (Lipinski definition) is 3. The number of amides is 1. The summed E-state index contributed by atoms with van der Waals surface area (Å²) >= 11 is 1.10. The first-order valence-corrected chi connectivity index (χ1v) is 17.7. The number of anilines is 2. The van der Waals surface area contributed by atoms with Crippen LogP contribution in [0.2, 0.25) is 0 Å². The monoisotopic (exact) mass is 750 g/mol. The highest BCUT2D eigenvalue weighted by atomic mass is 32.2. The Labute approximate surface area is 310 Å². The molecule has 1 heterocycles. The summed E-state index contributed by atoms with van der Waals surface area (Å²) in [6.45, 7) is 0.112. The highest BCUT2D eigenvalue weighted by molar-refractivity contribution is 7.98. The number of nitrogens with zero attached hydrogens (tertiary/aromatic N) is 3. The molecule has 0 radical (unpaired) electrons. The topological polar surface area (TPSA) is 118 Å². The van der Waals surface area contributed by atoms with Crippen molar-refractivity contribution in [1.82, 2.24) is 14.9 Å². The van der Waals surface area contributed by atoms with Crippen LogP contribution in [0.4, 0.5) is 24.7 Å². The number of aliphatic hydroxyl groups is 2. The molecule has 0 saturated carbocycles. The van der Waals surface area contributed by atoms with Gasteiger partial charge < -0.3 is 34.6 Å². The van der Waals surface area contributed by atoms with Crippen molar-refractivity contribution in [3.05, 3.63) is 108 Å². The van der Waals surface area contributed by atoms with Gasteiger partial charge in [0.25, 0.3) is 5.91 Å². The summed E-state index contributed by atoms with van der Waals surface area (Å²) in [7, 11) is 6.26. The lowest BCUT2D eigenvalue weighted by Gasteiger charge is -2.23. The van der Waals surface area contributed by atoms with Crippen molar-refractivity contribution in [2.75, 3.05) is 46.4 Å². The molecule has 0 saturated heterocycles. The van der Waals surface area contributed by atoms with Gasteiger partial charge in [0, 0.05) is 48.3 Å². The zero-order chi connectivity index (χ0) is 38.1. The van der Waals surface area contributed by atoms with Crippen LogP contribution in [0.15, 0.2) is 84.1 Å². The number of unbranched alkanes of at least 4 members (excludes halogenated alkanes) is 1. The van der Waals surface area contributed by atoms with Gasteiger partial charge in [-0.25, -0.2) is 18.2 Å². The molecular formula is C39H41F3N4O6S. The van der Waals surface area contributed by atoms with Crippen molar-refractivity contribution in [2.24, 2.45) is 0 Å². The molecule has 53 heavy (non-hydrogen) atoms. The Morgan fingerprint density at radius 1 is 0.868 bits per heavy atom. The highest BCUT2D eigenvalue weighted by Gasteiger charge is 2.21. The molecule has 5 aromatic rings. The van der Waals surface area contributed by atoms with E-state index in [4.69, 9.17) is 19.3 Å². The average Bonchev–Trinajstić information content (AvgIpc) is 3.60. The summed E-state index contributed by atoms with van der Waals surface area (Å²) < 4.78 is 63.4. The maximum Gasteiger partial charge on any atom is 0.251 e. The Morgan fingerprint density at radius 2 is 1.57 bits per heavy atom. The van der Waals surface area contributed by atoms with Crippen LogP contribution in [0.3, 0.4) is 0 Å². The minimum absolute atomic E-state index is 0.0139. The maximum atomic E-state index is 15.6. The number of ether oxygens (including phenoxy) is 3. The second-order valence-corrected chi connectivity index (χ2v) is 13.0. The Morgan fingerprint density at radius 3 is 2.23 bits per heavy atom. The average molecular weight is 751 g/mol. The van der Waals surface area contributed by atoms with Crippen molar-refractivity contribution in [3.8, 4) is 34.1 Å². The lowest BCUT2D eigenvalue weighted by atomic mass is 10.0. The quantitative estimate of drug-likeness (QED) is 0.0665. The van der Waals surface area contributed by atoms with E-state index in [9.17, 15) is 14.3 Å². The fourth-order valence-electron chi connectivity index (χ4n) is 5.62. The highest BCUT2D eigenvalue weighted by Crippen LogP contribution is 2.38. The summed E-state index contributed by atoms with van der Waals surface area (Å²) in [5, 5.41) is 21.5. The number of benzene rings is 4. The third kappa shape index (κ3) is 9.25. The first kappa shape index (κ1) is 39.0. The fourth-order valence-corrected chi connectivity index (χ4v) is 6.62. The van der Waals surface area contributed by atoms with E-state index in [-0.39, 0.29) is 29.6 Å². The molecule has 0 spiro atoms. The van der Waals surface area contributed by atoms with Gasteiger partial charge in [-0.1, -0.05) is 23.9 Å². The molecule has 0 aliphatic heterocycles. The summed E-state index contributed by atoms with van der Waals surface area (Å²) in [6.07, 6.45) is 2.59. The second-order valence-electron chi connectivity index (χ2n) is 12.0. The molecule has 280 valence electrons. The van der Waals surface area contributed by atoms with Gasteiger partial charge in [-0.15, -0.1) is 0 Å². The molecule has 1 aromatic heterocycles. The van der Waals surface area contributed by atoms with Gasteiger partial charge in [-0.3, -0.25) is 9.36 Å². The molecule has 1 atom stereocenters. The van der Waals surface area contributed by atoms with Crippen LogP contribution in [0.25, 0.3) is 16.8 Å². The Balaban J connectivity index is 1.35. The van der Waals surface area contributed by atoms with Crippen LogP contribution in [0, 0.1) is 17.5 Å². The fraction of sp³-hybridized carbons (Fsp3) is 0.282. The third-order valence-electron chi connectivity index (χ3n) is 8.63. The number of aliphatic hydroxyl groups excluding tert-OH is 2. The number of carbonyl (C=O) groups is 1. The Bertz CT molecular complexity index is 2000. The Hall–Kier alpha value is -5.18. The first-order valence-electron chi connectivity index (χ1n) is 16.7. The predicted molar refractivity (Wildman–Crippen MR) is 198 cm³/mol. The van der Waals surface area contributed by atoms with Gasteiger partial charge in [0.15, 0.2) is 28.2 Å². The van der Waals surface area contributed by atoms with Crippen LogP contribution in [0.5, 0.6) is 17.2 Å². The van der Waals surface area contributed by atoms with Gasteiger partial charge in [-0.05, 0) is 78.9 Å². The zero-order valence-corrected chi connectivity index (χ0v) is 30.6. The van der Waals surface area contributed by atoms with Crippen molar-refractivity contribution in [1.29, 1.82) is 0 Å². The SMILES string of the molecule is COc1cc(-n2c(N(C)c3ccc(OC)c(OC)c3)cnc2SCc2c(F)cc(-c3ccc(C(=O)NCCCCC(O)CO)cc3)cc2F)ccc1F. The molecule has 1 amide bonds. The van der Waals surface area contributed by atoms with E-state index in [0.717, 1.165) is 17.4 Å². The van der Waals surface area contributed by atoms with Crippen molar-refractivity contribution in [3.63, 3.8) is 0 Å². The van der Waals surface area contributed by atoms with Crippen LogP contribution in [-0.4, -0.2) is 73.3 Å². The minimum Gasteiger partial charge on any atom is -0.494 e. The van der Waals surface area contributed by atoms with E-state index in [0.29, 0.717) is 70.7 Å². The van der Waals surface area contributed by atoms with Crippen molar-refractivity contribution >= 4 is 29.2 Å². The van der Waals surface area contributed by atoms with E-state index < -0.39 is 23.6 Å². The smallest absolute Gasteiger partial charge is 0.251 e. The molecule has 5 rings (SSSR count). The number of halogens is 3. The number of aromatic nitrogens is 2. The number of nitrogens with one attached hydrogen (secondary N) is 1. The Kier molecular flexibility index (Phi) is 13.3. The zero-order valence-electron chi connectivity index (χ0n) is 29.7. The largest absolute Gasteiger partial charge is 0.494 e. The lowest BCUT2D eigenvalue weighted by Crippen LogP contribution is -2.24. The van der Waals surface area contributed by atoms with Crippen molar-refractivity contribution in [2.45, 2.75) is 36.3 Å². The molecule has 1 unspecified atom stereocenters. The number of methoxy groups -OCH3 is 3. The van der Waals surface area contributed by atoms with Crippen LogP contribution in [0.1, 0.15) is 35.2 Å². The molecule has 14 heteroatoms. The number of carbonyl (C=O) groups excluding carboxylic acids is 1. The summed E-state index contributed by atoms with van der Waals surface area (Å²) in [5.41, 5.74) is 2.31. The van der Waals surface area contributed by atoms with Crippen LogP contribution < -0.4 is 24.4 Å². The summed E-state index contributed by atoms with van der Waals surface area (Å²) in [4.78, 5) is 19.0. The summed E-state index contributed by atoms with van der Waals surface area (Å²) in [6, 6.07) is 18.7. The van der Waals surface area contributed by atoms with E-state index >= 15 is 8.78 Å². The van der Waals surface area contributed by atoms with E-state index in [1.807, 2.05) is 18.0 Å².